The van der Waals surface area contributed by atoms with E-state index in [9.17, 15) is 4.79 Å². The van der Waals surface area contributed by atoms with Crippen LogP contribution >= 0.6 is 11.6 Å². The standard InChI is InChI=1S/C14H21ClN2O3/c1-5-17-14(18)9(2)20-13-11(15)6-10(8-16-3)7-12(13)19-4/h6-7,9,16H,5,8H2,1-4H3,(H,17,18). The molecule has 0 aromatic heterocycles. The minimum absolute atomic E-state index is 0.190. The number of methoxy groups -OCH3 is 1. The van der Waals surface area contributed by atoms with Gasteiger partial charge in [0.2, 0.25) is 0 Å². The molecule has 20 heavy (non-hydrogen) atoms. The van der Waals surface area contributed by atoms with Crippen molar-refractivity contribution in [1.82, 2.24) is 10.6 Å². The molecule has 0 radical (unpaired) electrons. The fourth-order valence-corrected chi connectivity index (χ4v) is 2.02. The van der Waals surface area contributed by atoms with E-state index in [0.717, 1.165) is 5.56 Å². The average molecular weight is 301 g/mol. The van der Waals surface area contributed by atoms with Crippen molar-refractivity contribution in [2.75, 3.05) is 20.7 Å². The number of carbonyl (C=O) groups excluding carboxylic acids is 1. The van der Waals surface area contributed by atoms with E-state index in [4.69, 9.17) is 21.1 Å². The number of hydrogen-bond donors (Lipinski definition) is 2. The average Bonchev–Trinajstić information content (AvgIpc) is 2.41. The summed E-state index contributed by atoms with van der Waals surface area (Å²) in [5.74, 6) is 0.705. The zero-order chi connectivity index (χ0) is 15.1. The molecule has 6 heteroatoms. The van der Waals surface area contributed by atoms with Crippen LogP contribution in [0.5, 0.6) is 11.5 Å². The predicted molar refractivity (Wildman–Crippen MR) is 79.5 cm³/mol. The molecule has 0 aliphatic carbocycles. The van der Waals surface area contributed by atoms with Crippen LogP contribution < -0.4 is 20.1 Å². The number of likely N-dealkylation sites (N-methyl/N-ethyl adjacent to an activating group) is 1. The smallest absolute Gasteiger partial charge is 0.260 e. The third-order valence-electron chi connectivity index (χ3n) is 2.68. The molecule has 1 aromatic rings. The van der Waals surface area contributed by atoms with Crippen molar-refractivity contribution in [3.8, 4) is 11.5 Å². The summed E-state index contributed by atoms with van der Waals surface area (Å²) in [7, 11) is 3.39. The molecule has 0 heterocycles. The molecule has 1 amide bonds. The van der Waals surface area contributed by atoms with Crippen LogP contribution in [0.25, 0.3) is 0 Å². The van der Waals surface area contributed by atoms with Crippen molar-refractivity contribution in [2.45, 2.75) is 26.5 Å². The van der Waals surface area contributed by atoms with Gasteiger partial charge in [-0.05, 0) is 38.6 Å². The number of amides is 1. The Kier molecular flexibility index (Phi) is 6.61. The maximum atomic E-state index is 11.7. The molecule has 0 aliphatic rings. The van der Waals surface area contributed by atoms with E-state index in [0.29, 0.717) is 29.6 Å². The quantitative estimate of drug-likeness (QED) is 0.808. The van der Waals surface area contributed by atoms with Crippen LogP contribution in [0.15, 0.2) is 12.1 Å². The number of nitrogens with one attached hydrogen (secondary N) is 2. The molecule has 0 aliphatic heterocycles. The Hall–Kier alpha value is -1.46. The first-order chi connectivity index (χ1) is 9.53. The van der Waals surface area contributed by atoms with E-state index in [1.807, 2.05) is 20.0 Å². The molecular weight excluding hydrogens is 280 g/mol. The number of hydrogen-bond acceptors (Lipinski definition) is 4. The highest BCUT2D eigenvalue weighted by Crippen LogP contribution is 2.37. The first-order valence-corrected chi connectivity index (χ1v) is 6.86. The molecular formula is C14H21ClN2O3. The molecule has 1 atom stereocenters. The zero-order valence-electron chi connectivity index (χ0n) is 12.2. The predicted octanol–water partition coefficient (Wildman–Crippen LogP) is 1.97. The van der Waals surface area contributed by atoms with Crippen LogP contribution in [-0.4, -0.2) is 32.7 Å². The first kappa shape index (κ1) is 16.6. The largest absolute Gasteiger partial charge is 0.493 e. The number of rotatable bonds is 7. The number of ether oxygens (including phenoxy) is 2. The van der Waals surface area contributed by atoms with E-state index >= 15 is 0 Å². The van der Waals surface area contributed by atoms with Crippen molar-refractivity contribution in [3.05, 3.63) is 22.7 Å². The van der Waals surface area contributed by atoms with Crippen molar-refractivity contribution in [1.29, 1.82) is 0 Å². The van der Waals surface area contributed by atoms with Crippen molar-refractivity contribution >= 4 is 17.5 Å². The minimum atomic E-state index is -0.642. The fraction of sp³-hybridized carbons (Fsp3) is 0.500. The lowest BCUT2D eigenvalue weighted by Gasteiger charge is -2.18. The van der Waals surface area contributed by atoms with Crippen LogP contribution in [-0.2, 0) is 11.3 Å². The van der Waals surface area contributed by atoms with Gasteiger partial charge in [0, 0.05) is 13.1 Å². The topological polar surface area (TPSA) is 59.6 Å². The van der Waals surface area contributed by atoms with Gasteiger partial charge in [-0.2, -0.15) is 0 Å². The molecule has 0 saturated heterocycles. The summed E-state index contributed by atoms with van der Waals surface area (Å²) < 4.78 is 10.9. The molecule has 1 rings (SSSR count). The second-order valence-electron chi connectivity index (χ2n) is 4.29. The summed E-state index contributed by atoms with van der Waals surface area (Å²) in [6.07, 6.45) is -0.642. The SMILES string of the molecule is CCNC(=O)C(C)Oc1c(Cl)cc(CNC)cc1OC. The molecule has 0 saturated carbocycles. The van der Waals surface area contributed by atoms with Gasteiger partial charge in [-0.15, -0.1) is 0 Å². The summed E-state index contributed by atoms with van der Waals surface area (Å²) in [4.78, 5) is 11.7. The van der Waals surface area contributed by atoms with Crippen LogP contribution in [0.2, 0.25) is 5.02 Å². The van der Waals surface area contributed by atoms with Crippen LogP contribution in [0, 0.1) is 0 Å². The summed E-state index contributed by atoms with van der Waals surface area (Å²) >= 11 is 6.21. The summed E-state index contributed by atoms with van der Waals surface area (Å²) in [6.45, 7) is 4.74. The zero-order valence-corrected chi connectivity index (χ0v) is 13.0. The minimum Gasteiger partial charge on any atom is -0.493 e. The van der Waals surface area contributed by atoms with Crippen molar-refractivity contribution < 1.29 is 14.3 Å². The van der Waals surface area contributed by atoms with Crippen LogP contribution in [0.1, 0.15) is 19.4 Å². The molecule has 1 unspecified atom stereocenters. The van der Waals surface area contributed by atoms with Gasteiger partial charge in [0.1, 0.15) is 0 Å². The van der Waals surface area contributed by atoms with Gasteiger partial charge in [0.15, 0.2) is 17.6 Å². The van der Waals surface area contributed by atoms with Crippen molar-refractivity contribution in [2.24, 2.45) is 0 Å². The normalized spacial score (nSPS) is 11.8. The third kappa shape index (κ3) is 4.28. The maximum absolute atomic E-state index is 11.7. The Bertz CT molecular complexity index is 466. The third-order valence-corrected chi connectivity index (χ3v) is 2.97. The van der Waals surface area contributed by atoms with Crippen molar-refractivity contribution in [3.63, 3.8) is 0 Å². The Morgan fingerprint density at radius 2 is 2.15 bits per heavy atom. The van der Waals surface area contributed by atoms with E-state index in [-0.39, 0.29) is 5.91 Å². The lowest BCUT2D eigenvalue weighted by Crippen LogP contribution is -2.36. The maximum Gasteiger partial charge on any atom is 0.260 e. The molecule has 0 fully saturated rings. The summed E-state index contributed by atoms with van der Waals surface area (Å²) in [6, 6.07) is 3.63. The highest BCUT2D eigenvalue weighted by atomic mass is 35.5. The number of benzene rings is 1. The van der Waals surface area contributed by atoms with Gasteiger partial charge >= 0.3 is 0 Å². The Balaban J connectivity index is 2.96. The van der Waals surface area contributed by atoms with Gasteiger partial charge in [-0.25, -0.2) is 0 Å². The van der Waals surface area contributed by atoms with E-state index in [2.05, 4.69) is 10.6 Å². The van der Waals surface area contributed by atoms with Gasteiger partial charge in [-0.1, -0.05) is 11.6 Å². The lowest BCUT2D eigenvalue weighted by atomic mass is 10.2. The highest BCUT2D eigenvalue weighted by molar-refractivity contribution is 6.32. The molecule has 0 bridgehead atoms. The lowest BCUT2D eigenvalue weighted by molar-refractivity contribution is -0.127. The van der Waals surface area contributed by atoms with Crippen LogP contribution in [0.3, 0.4) is 0 Å². The van der Waals surface area contributed by atoms with E-state index < -0.39 is 6.10 Å². The fourth-order valence-electron chi connectivity index (χ4n) is 1.74. The second-order valence-corrected chi connectivity index (χ2v) is 4.70. The molecule has 2 N–H and O–H groups in total. The van der Waals surface area contributed by atoms with Gasteiger partial charge in [-0.3, -0.25) is 4.79 Å². The van der Waals surface area contributed by atoms with E-state index in [1.165, 1.54) is 0 Å². The Morgan fingerprint density at radius 1 is 1.45 bits per heavy atom. The van der Waals surface area contributed by atoms with Gasteiger partial charge in [0.25, 0.3) is 5.91 Å². The van der Waals surface area contributed by atoms with Crippen LogP contribution in [0.4, 0.5) is 0 Å². The first-order valence-electron chi connectivity index (χ1n) is 6.48. The number of carbonyl (C=O) groups is 1. The summed E-state index contributed by atoms with van der Waals surface area (Å²) in [5.41, 5.74) is 0.979. The molecule has 112 valence electrons. The molecule has 0 spiro atoms. The highest BCUT2D eigenvalue weighted by Gasteiger charge is 2.19. The molecule has 5 nitrogen and oxygen atoms in total. The Labute approximate surface area is 124 Å². The second kappa shape index (κ2) is 7.97. The number of halogens is 1. The van der Waals surface area contributed by atoms with E-state index in [1.54, 1.807) is 20.1 Å². The van der Waals surface area contributed by atoms with Gasteiger partial charge in [0.05, 0.1) is 12.1 Å². The Morgan fingerprint density at radius 3 is 2.70 bits per heavy atom. The monoisotopic (exact) mass is 300 g/mol. The molecule has 1 aromatic carbocycles. The van der Waals surface area contributed by atoms with Gasteiger partial charge < -0.3 is 20.1 Å². The summed E-state index contributed by atoms with van der Waals surface area (Å²) in [5, 5.41) is 6.16.